The first-order chi connectivity index (χ1) is 26.2. The normalized spacial score (nSPS) is 11.8. The summed E-state index contributed by atoms with van der Waals surface area (Å²) in [4.78, 5) is 10.8. The van der Waals surface area contributed by atoms with Gasteiger partial charge in [-0.1, -0.05) is 48.5 Å². The van der Waals surface area contributed by atoms with Gasteiger partial charge in [-0.2, -0.15) is 0 Å². The summed E-state index contributed by atoms with van der Waals surface area (Å²) in [5, 5.41) is 0. The van der Waals surface area contributed by atoms with Gasteiger partial charge in [0.15, 0.2) is 0 Å². The van der Waals surface area contributed by atoms with Gasteiger partial charge in [-0.25, -0.2) is 9.97 Å². The summed E-state index contributed by atoms with van der Waals surface area (Å²) in [5.74, 6) is 0. The van der Waals surface area contributed by atoms with E-state index in [-0.39, 0.29) is 20.4 Å². The molecule has 0 saturated heterocycles. The Morgan fingerprint density at radius 1 is 0.327 bits per heavy atom. The molecule has 8 nitrogen and oxygen atoms in total. The van der Waals surface area contributed by atoms with Crippen LogP contribution in [-0.4, -0.2) is 19.1 Å². The molecule has 272 valence electrons. The second-order valence-electron chi connectivity index (χ2n) is 13.7. The average Bonchev–Trinajstić information content (AvgIpc) is 3.99. The van der Waals surface area contributed by atoms with Crippen LogP contribution in [0.4, 0.5) is 22.7 Å². The van der Waals surface area contributed by atoms with Crippen LogP contribution in [0.2, 0.25) is 0 Å². The maximum Gasteiger partial charge on any atom is 0.0737 e. The Labute approximate surface area is 332 Å². The van der Waals surface area contributed by atoms with Gasteiger partial charge >= 0.3 is 0 Å². The predicted octanol–water partition coefficient (Wildman–Crippen LogP) is 9.67. The fraction of sp³-hybridized carbons (Fsp3) is 0.0435. The fourth-order valence-corrected chi connectivity index (χ4v) is 7.62. The maximum absolute atomic E-state index is 6.19. The largest absolute Gasteiger partial charge is 0.399 e. The van der Waals surface area contributed by atoms with Crippen molar-refractivity contribution in [3.8, 4) is 44.5 Å². The molecule has 0 unspecified atom stereocenters. The number of benzene rings is 4. The van der Waals surface area contributed by atoms with Crippen LogP contribution in [0, 0.1) is 0 Å². The summed E-state index contributed by atoms with van der Waals surface area (Å²) in [5.41, 5.74) is 42.9. The molecule has 4 aromatic carbocycles. The van der Waals surface area contributed by atoms with Crippen LogP contribution in [0.5, 0.6) is 0 Å². The number of anilines is 4. The van der Waals surface area contributed by atoms with Crippen LogP contribution in [0.1, 0.15) is 22.8 Å². The topological polar surface area (TPSA) is 140 Å². The molecule has 5 heterocycles. The van der Waals surface area contributed by atoms with Crippen LogP contribution < -0.4 is 22.9 Å². The summed E-state index contributed by atoms with van der Waals surface area (Å²) in [6, 6.07) is 40.6. The van der Waals surface area contributed by atoms with Gasteiger partial charge in [0.25, 0.3) is 0 Å². The molecule has 0 atom stereocenters. The Hall–Kier alpha value is -6.66. The molecule has 0 aliphatic carbocycles. The molecule has 0 fully saturated rings. The molecular weight excluding hydrogens is 771 g/mol. The first-order valence-electron chi connectivity index (χ1n) is 17.8. The molecule has 8 bridgehead atoms. The molecule has 0 radical (unpaired) electrons. The van der Waals surface area contributed by atoms with Crippen molar-refractivity contribution in [3.63, 3.8) is 0 Å². The van der Waals surface area contributed by atoms with Gasteiger partial charge < -0.3 is 32.1 Å². The Bertz CT molecular complexity index is 2460. The Kier molecular flexibility index (Phi) is 8.98. The van der Waals surface area contributed by atoms with E-state index in [4.69, 9.17) is 32.9 Å². The average molecular weight is 809 g/mol. The molecule has 3 aromatic heterocycles. The van der Waals surface area contributed by atoms with Gasteiger partial charge in [0.05, 0.1) is 44.8 Å². The monoisotopic (exact) mass is 808 g/mol. The van der Waals surface area contributed by atoms with E-state index in [0.717, 1.165) is 89.4 Å². The number of aromatic nitrogens is 4. The van der Waals surface area contributed by atoms with Crippen molar-refractivity contribution in [3.05, 3.63) is 144 Å². The predicted molar refractivity (Wildman–Crippen MR) is 227 cm³/mol. The zero-order chi connectivity index (χ0) is 37.1. The third-order valence-corrected chi connectivity index (χ3v) is 10.4. The minimum absolute atomic E-state index is 0. The van der Waals surface area contributed by atoms with Crippen LogP contribution in [0.3, 0.4) is 0 Å². The number of fused-ring (bicyclic) bond motifs is 8. The van der Waals surface area contributed by atoms with Gasteiger partial charge in [0, 0.05) is 79.5 Å². The van der Waals surface area contributed by atoms with Crippen molar-refractivity contribution >= 4 is 69.1 Å². The number of nitrogen functional groups attached to an aromatic ring is 4. The molecule has 7 aromatic rings. The van der Waals surface area contributed by atoms with Crippen molar-refractivity contribution in [2.45, 2.75) is 0 Å². The van der Waals surface area contributed by atoms with Gasteiger partial charge in [-0.3, -0.25) is 0 Å². The molecule has 55 heavy (non-hydrogen) atoms. The standard InChI is InChI=1S/C46H38N8.Pd/c1-53-39-23-24-40(53)44(28-5-13-32(48)14-6-28)36-20-22-38(52-36)46(30-9-17-34(50)18-10-30)42-26-25-41(54(42)2)45(29-7-15-33(49)16-8-29)37-21-19-35(51-37)43(39)27-3-11-31(47)12-4-27;/h3-26H,47-50H2,1-2H3;. The summed E-state index contributed by atoms with van der Waals surface area (Å²) >= 11 is 0. The minimum atomic E-state index is 0. The molecule has 8 N–H and O–H groups in total. The quantitative estimate of drug-likeness (QED) is 0.103. The maximum atomic E-state index is 6.19. The SMILES string of the molecule is Cn1c2ccc1c(-c1ccc(N)cc1)c1nc(c(-c3ccc(N)cc3)c3ccc(c(-c4ccc(N)cc4)c4nc(c2-c2ccc(N)cc2)C=C4)n3C)C=C1.[Pd]. The van der Waals surface area contributed by atoms with E-state index in [1.807, 2.05) is 48.5 Å². The van der Waals surface area contributed by atoms with Gasteiger partial charge in [-0.05, 0) is 119 Å². The van der Waals surface area contributed by atoms with E-state index in [9.17, 15) is 0 Å². The zero-order valence-electron chi connectivity index (χ0n) is 30.3. The summed E-state index contributed by atoms with van der Waals surface area (Å²) in [7, 11) is 4.19. The Morgan fingerprint density at radius 3 is 0.727 bits per heavy atom. The van der Waals surface area contributed by atoms with Gasteiger partial charge in [-0.15, -0.1) is 0 Å². The van der Waals surface area contributed by atoms with Gasteiger partial charge in [0.1, 0.15) is 0 Å². The van der Waals surface area contributed by atoms with E-state index in [0.29, 0.717) is 22.7 Å². The zero-order valence-corrected chi connectivity index (χ0v) is 31.8. The van der Waals surface area contributed by atoms with Crippen LogP contribution >= 0.6 is 0 Å². The summed E-state index contributed by atoms with van der Waals surface area (Å²) in [6.45, 7) is 0. The van der Waals surface area contributed by atoms with E-state index in [1.165, 1.54) is 0 Å². The number of hydrogen-bond acceptors (Lipinski definition) is 6. The summed E-state index contributed by atoms with van der Waals surface area (Å²) < 4.78 is 4.45. The number of nitrogens with two attached hydrogens (primary N) is 4. The minimum Gasteiger partial charge on any atom is -0.399 e. The van der Waals surface area contributed by atoms with E-state index < -0.39 is 0 Å². The van der Waals surface area contributed by atoms with E-state index >= 15 is 0 Å². The number of aryl methyl sites for hydroxylation is 2. The van der Waals surface area contributed by atoms with Crippen molar-refractivity contribution in [2.75, 3.05) is 22.9 Å². The summed E-state index contributed by atoms with van der Waals surface area (Å²) in [6.07, 6.45) is 8.42. The number of rotatable bonds is 4. The van der Waals surface area contributed by atoms with Crippen molar-refractivity contribution in [1.82, 2.24) is 19.1 Å². The van der Waals surface area contributed by atoms with Gasteiger partial charge in [0.2, 0.25) is 0 Å². The Balaban J connectivity index is 0.00000427. The first-order valence-corrected chi connectivity index (χ1v) is 17.8. The molecule has 0 amide bonds. The van der Waals surface area contributed by atoms with E-state index in [1.54, 1.807) is 0 Å². The van der Waals surface area contributed by atoms with Crippen LogP contribution in [0.25, 0.3) is 90.9 Å². The number of hydrogen-bond donors (Lipinski definition) is 4. The number of nitrogens with zero attached hydrogens (tertiary/aromatic N) is 4. The van der Waals surface area contributed by atoms with Crippen LogP contribution in [-0.2, 0) is 34.5 Å². The van der Waals surface area contributed by atoms with Crippen molar-refractivity contribution in [1.29, 1.82) is 0 Å². The molecule has 0 saturated carbocycles. The molecule has 9 heteroatoms. The molecule has 2 aliphatic heterocycles. The molecular formula is C46H38N8Pd. The third-order valence-electron chi connectivity index (χ3n) is 10.4. The fourth-order valence-electron chi connectivity index (χ4n) is 7.62. The van der Waals surface area contributed by atoms with Crippen LogP contribution in [0.15, 0.2) is 121 Å². The second-order valence-corrected chi connectivity index (χ2v) is 13.7. The third kappa shape index (κ3) is 6.20. The Morgan fingerprint density at radius 2 is 0.527 bits per heavy atom. The molecule has 9 rings (SSSR count). The first kappa shape index (κ1) is 35.4. The second kappa shape index (κ2) is 14.0. The molecule has 0 spiro atoms. The van der Waals surface area contributed by atoms with Crippen molar-refractivity contribution < 1.29 is 20.4 Å². The van der Waals surface area contributed by atoms with E-state index in [2.05, 4.69) is 120 Å². The molecule has 2 aliphatic rings. The smallest absolute Gasteiger partial charge is 0.0737 e. The van der Waals surface area contributed by atoms with Crippen molar-refractivity contribution in [2.24, 2.45) is 14.1 Å².